The van der Waals surface area contributed by atoms with Crippen LogP contribution in [0.4, 0.5) is 0 Å². The molecule has 1 amide bonds. The van der Waals surface area contributed by atoms with Crippen molar-refractivity contribution in [3.63, 3.8) is 0 Å². The Bertz CT molecular complexity index is 505. The van der Waals surface area contributed by atoms with Crippen molar-refractivity contribution in [2.45, 2.75) is 31.7 Å². The van der Waals surface area contributed by atoms with Crippen molar-refractivity contribution in [2.75, 3.05) is 19.6 Å². The Morgan fingerprint density at radius 3 is 2.48 bits per heavy atom. The number of amides is 1. The van der Waals surface area contributed by atoms with E-state index in [1.54, 1.807) is 0 Å². The first-order valence-electron chi connectivity index (χ1n) is 7.61. The lowest BCUT2D eigenvalue weighted by molar-refractivity contribution is 0.0704. The number of hydrogen-bond acceptors (Lipinski definition) is 2. The maximum atomic E-state index is 12.9. The minimum absolute atomic E-state index is 0.171. The summed E-state index contributed by atoms with van der Waals surface area (Å²) in [4.78, 5) is 15.0. The molecule has 1 aromatic rings. The molecule has 0 bridgehead atoms. The number of hydrogen-bond donors (Lipinski definition) is 1. The Balaban J connectivity index is 1.74. The van der Waals surface area contributed by atoms with E-state index in [4.69, 9.17) is 0 Å². The normalized spacial score (nSPS) is 22.1. The molecule has 3 rings (SSSR count). The molecule has 1 saturated heterocycles. The van der Waals surface area contributed by atoms with Crippen LogP contribution in [0.25, 0.3) is 0 Å². The molecule has 0 spiro atoms. The molecular weight excluding hydrogens is 396 g/mol. The van der Waals surface area contributed by atoms with Crippen LogP contribution in [0.3, 0.4) is 0 Å². The van der Waals surface area contributed by atoms with Crippen molar-refractivity contribution < 1.29 is 4.79 Å². The van der Waals surface area contributed by atoms with Crippen molar-refractivity contribution in [2.24, 2.45) is 5.92 Å². The molecule has 1 saturated carbocycles. The van der Waals surface area contributed by atoms with Crippen LogP contribution in [0.5, 0.6) is 0 Å². The fourth-order valence-electron chi connectivity index (χ4n) is 2.99. The van der Waals surface area contributed by atoms with Gasteiger partial charge in [0.15, 0.2) is 0 Å². The Morgan fingerprint density at radius 1 is 1.19 bits per heavy atom. The molecule has 1 atom stereocenters. The van der Waals surface area contributed by atoms with Gasteiger partial charge in [-0.2, -0.15) is 0 Å². The van der Waals surface area contributed by atoms with Gasteiger partial charge >= 0.3 is 0 Å². The van der Waals surface area contributed by atoms with Gasteiger partial charge in [0.2, 0.25) is 0 Å². The second-order valence-corrected chi connectivity index (χ2v) is 7.89. The summed E-state index contributed by atoms with van der Waals surface area (Å²) in [5.74, 6) is 0.768. The molecule has 2 fully saturated rings. The maximum absolute atomic E-state index is 12.9. The highest BCUT2D eigenvalue weighted by molar-refractivity contribution is 9.11. The molecule has 1 heterocycles. The number of carbonyl (C=O) groups excluding carboxylic acids is 1. The summed E-state index contributed by atoms with van der Waals surface area (Å²) in [6.07, 6.45) is 4.76. The lowest BCUT2D eigenvalue weighted by atomic mass is 9.98. The van der Waals surface area contributed by atoms with Crippen LogP contribution in [0, 0.1) is 5.92 Å². The first-order chi connectivity index (χ1) is 10.1. The van der Waals surface area contributed by atoms with Gasteiger partial charge in [-0.1, -0.05) is 31.9 Å². The third kappa shape index (κ3) is 4.08. The van der Waals surface area contributed by atoms with E-state index in [1.165, 1.54) is 12.8 Å². The van der Waals surface area contributed by atoms with Gasteiger partial charge in [0, 0.05) is 27.1 Å². The van der Waals surface area contributed by atoms with Crippen LogP contribution in [-0.4, -0.2) is 36.5 Å². The number of nitrogens with one attached hydrogen (secondary N) is 1. The van der Waals surface area contributed by atoms with Crippen molar-refractivity contribution in [1.29, 1.82) is 0 Å². The average molecular weight is 416 g/mol. The van der Waals surface area contributed by atoms with E-state index in [0.717, 1.165) is 47.0 Å². The number of benzene rings is 1. The highest BCUT2D eigenvalue weighted by Crippen LogP contribution is 2.31. The first-order valence-corrected chi connectivity index (χ1v) is 9.20. The molecule has 1 aliphatic heterocycles. The molecule has 21 heavy (non-hydrogen) atoms. The van der Waals surface area contributed by atoms with E-state index in [2.05, 4.69) is 42.1 Å². The summed E-state index contributed by atoms with van der Waals surface area (Å²) in [6.45, 7) is 3.05. The van der Waals surface area contributed by atoms with Gasteiger partial charge in [0.1, 0.15) is 0 Å². The SMILES string of the molecule is O=C(c1cc(Br)cc(Br)c1)N(CC1CCCNC1)C1CC1. The van der Waals surface area contributed by atoms with E-state index in [0.29, 0.717) is 12.0 Å². The summed E-state index contributed by atoms with van der Waals surface area (Å²) in [7, 11) is 0. The number of carbonyl (C=O) groups is 1. The zero-order valence-corrected chi connectivity index (χ0v) is 15.1. The zero-order valence-electron chi connectivity index (χ0n) is 11.9. The Labute approximate surface area is 142 Å². The Morgan fingerprint density at radius 2 is 1.90 bits per heavy atom. The van der Waals surface area contributed by atoms with Gasteiger partial charge in [-0.15, -0.1) is 0 Å². The topological polar surface area (TPSA) is 32.3 Å². The Hall–Kier alpha value is -0.390. The highest BCUT2D eigenvalue weighted by atomic mass is 79.9. The summed E-state index contributed by atoms with van der Waals surface area (Å²) in [6, 6.07) is 6.25. The second kappa shape index (κ2) is 6.80. The summed E-state index contributed by atoms with van der Waals surface area (Å²) in [5, 5.41) is 3.44. The van der Waals surface area contributed by atoms with Crippen LogP contribution >= 0.6 is 31.9 Å². The fraction of sp³-hybridized carbons (Fsp3) is 0.562. The predicted octanol–water partition coefficient (Wildman–Crippen LogP) is 3.82. The fourth-order valence-corrected chi connectivity index (χ4v) is 4.28. The summed E-state index contributed by atoms with van der Waals surface area (Å²) >= 11 is 6.94. The van der Waals surface area contributed by atoms with Gasteiger partial charge in [-0.3, -0.25) is 4.79 Å². The lowest BCUT2D eigenvalue weighted by Crippen LogP contribution is -2.42. The third-order valence-corrected chi connectivity index (χ3v) is 5.13. The Kier molecular flexibility index (Phi) is 5.02. The van der Waals surface area contributed by atoms with Crippen LogP contribution < -0.4 is 5.32 Å². The smallest absolute Gasteiger partial charge is 0.254 e. The molecular formula is C16H20Br2N2O. The van der Waals surface area contributed by atoms with E-state index < -0.39 is 0 Å². The molecule has 1 N–H and O–H groups in total. The average Bonchev–Trinajstić information content (AvgIpc) is 3.29. The molecule has 3 nitrogen and oxygen atoms in total. The van der Waals surface area contributed by atoms with E-state index in [9.17, 15) is 4.79 Å². The van der Waals surface area contributed by atoms with Crippen LogP contribution in [0.2, 0.25) is 0 Å². The van der Waals surface area contributed by atoms with Crippen molar-refractivity contribution >= 4 is 37.8 Å². The summed E-state index contributed by atoms with van der Waals surface area (Å²) < 4.78 is 1.88. The molecule has 1 aromatic carbocycles. The van der Waals surface area contributed by atoms with Crippen LogP contribution in [0.15, 0.2) is 27.1 Å². The highest BCUT2D eigenvalue weighted by Gasteiger charge is 2.34. The minimum atomic E-state index is 0.171. The molecule has 5 heteroatoms. The standard InChI is InChI=1S/C16H20Br2N2O/c17-13-6-12(7-14(18)8-13)16(21)20(15-3-4-15)10-11-2-1-5-19-9-11/h6-8,11,15,19H,1-5,9-10H2. The molecule has 0 radical (unpaired) electrons. The van der Waals surface area contributed by atoms with E-state index in [-0.39, 0.29) is 5.91 Å². The monoisotopic (exact) mass is 414 g/mol. The van der Waals surface area contributed by atoms with Crippen molar-refractivity contribution in [3.8, 4) is 0 Å². The van der Waals surface area contributed by atoms with Gasteiger partial charge in [0.05, 0.1) is 0 Å². The number of halogens is 2. The molecule has 1 unspecified atom stereocenters. The molecule has 0 aromatic heterocycles. The largest absolute Gasteiger partial charge is 0.335 e. The molecule has 1 aliphatic carbocycles. The lowest BCUT2D eigenvalue weighted by Gasteiger charge is -2.30. The van der Waals surface area contributed by atoms with Gasteiger partial charge in [-0.05, 0) is 62.9 Å². The number of nitrogens with zero attached hydrogens (tertiary/aromatic N) is 1. The van der Waals surface area contributed by atoms with E-state index in [1.807, 2.05) is 18.2 Å². The second-order valence-electron chi connectivity index (χ2n) is 6.06. The quantitative estimate of drug-likeness (QED) is 0.810. The maximum Gasteiger partial charge on any atom is 0.254 e. The predicted molar refractivity (Wildman–Crippen MR) is 91.5 cm³/mol. The molecule has 114 valence electrons. The summed E-state index contributed by atoms with van der Waals surface area (Å²) in [5.41, 5.74) is 0.770. The number of rotatable bonds is 4. The third-order valence-electron chi connectivity index (χ3n) is 4.21. The first kappa shape index (κ1) is 15.5. The van der Waals surface area contributed by atoms with Crippen LogP contribution in [-0.2, 0) is 0 Å². The van der Waals surface area contributed by atoms with Crippen molar-refractivity contribution in [1.82, 2.24) is 10.2 Å². The van der Waals surface area contributed by atoms with Gasteiger partial charge in [0.25, 0.3) is 5.91 Å². The minimum Gasteiger partial charge on any atom is -0.335 e. The van der Waals surface area contributed by atoms with E-state index >= 15 is 0 Å². The van der Waals surface area contributed by atoms with Gasteiger partial charge in [-0.25, -0.2) is 0 Å². The van der Waals surface area contributed by atoms with Crippen molar-refractivity contribution in [3.05, 3.63) is 32.7 Å². The number of piperidine rings is 1. The molecule has 2 aliphatic rings. The van der Waals surface area contributed by atoms with Gasteiger partial charge < -0.3 is 10.2 Å². The zero-order chi connectivity index (χ0) is 14.8. The van der Waals surface area contributed by atoms with Crippen LogP contribution in [0.1, 0.15) is 36.0 Å².